The summed E-state index contributed by atoms with van der Waals surface area (Å²) in [7, 11) is 0. The van der Waals surface area contributed by atoms with Gasteiger partial charge in [-0.2, -0.15) is 0 Å². The summed E-state index contributed by atoms with van der Waals surface area (Å²) in [6, 6.07) is 4.95. The molecule has 0 aromatic heterocycles. The zero-order valence-electron chi connectivity index (χ0n) is 5.88. The second kappa shape index (κ2) is 1.64. The maximum absolute atomic E-state index is 12.7. The van der Waals surface area contributed by atoms with Crippen molar-refractivity contribution in [2.24, 2.45) is 0 Å². The van der Waals surface area contributed by atoms with Gasteiger partial charge in [-0.1, -0.05) is 6.07 Å². The highest BCUT2D eigenvalue weighted by Crippen LogP contribution is 2.48. The molecule has 1 aliphatic carbocycles. The summed E-state index contributed by atoms with van der Waals surface area (Å²) in [4.78, 5) is 0. The van der Waals surface area contributed by atoms with Crippen LogP contribution in [0, 0.1) is 5.82 Å². The quantitative estimate of drug-likeness (QED) is 0.514. The van der Waals surface area contributed by atoms with Crippen molar-refractivity contribution in [1.29, 1.82) is 0 Å². The summed E-state index contributed by atoms with van der Waals surface area (Å²) in [6.45, 7) is 0. The summed E-state index contributed by atoms with van der Waals surface area (Å²) in [5.41, 5.74) is 2.32. The van der Waals surface area contributed by atoms with Crippen molar-refractivity contribution in [2.75, 3.05) is 0 Å². The fourth-order valence-electron chi connectivity index (χ4n) is 1.82. The zero-order chi connectivity index (χ0) is 7.42. The van der Waals surface area contributed by atoms with Gasteiger partial charge in [0.05, 0.1) is 6.10 Å². The molecular formula is C9H7FO. The standard InChI is InChI=1S/C9H7FO/c10-6-1-2-7-5(3-6)4-8-9(7)11-8/h1-3,8-9H,4H2/t8-,9+/m1/s1. The first-order valence-corrected chi connectivity index (χ1v) is 3.78. The second-order valence-electron chi connectivity index (χ2n) is 3.14. The van der Waals surface area contributed by atoms with E-state index in [1.54, 1.807) is 6.07 Å². The monoisotopic (exact) mass is 150 g/mol. The van der Waals surface area contributed by atoms with E-state index in [1.807, 2.05) is 6.07 Å². The minimum absolute atomic E-state index is 0.134. The molecule has 3 rings (SSSR count). The van der Waals surface area contributed by atoms with E-state index < -0.39 is 0 Å². The summed E-state index contributed by atoms with van der Waals surface area (Å²) in [6.07, 6.45) is 1.56. The fourth-order valence-corrected chi connectivity index (χ4v) is 1.82. The van der Waals surface area contributed by atoms with Crippen molar-refractivity contribution in [1.82, 2.24) is 0 Å². The molecule has 1 aromatic rings. The first kappa shape index (κ1) is 5.72. The number of ether oxygens (including phenoxy) is 1. The lowest BCUT2D eigenvalue weighted by atomic mass is 10.1. The molecule has 2 aliphatic rings. The average molecular weight is 150 g/mol. The van der Waals surface area contributed by atoms with Gasteiger partial charge in [0.15, 0.2) is 0 Å². The summed E-state index contributed by atoms with van der Waals surface area (Å²) in [5.74, 6) is -0.134. The number of fused-ring (bicyclic) bond motifs is 3. The Kier molecular flexibility index (Phi) is 0.853. The third kappa shape index (κ3) is 0.676. The van der Waals surface area contributed by atoms with Gasteiger partial charge in [-0.15, -0.1) is 0 Å². The molecule has 2 atom stereocenters. The van der Waals surface area contributed by atoms with Gasteiger partial charge in [-0.05, 0) is 23.3 Å². The van der Waals surface area contributed by atoms with E-state index in [1.165, 1.54) is 11.6 Å². The van der Waals surface area contributed by atoms with Crippen LogP contribution < -0.4 is 0 Å². The molecule has 0 unspecified atom stereocenters. The van der Waals surface area contributed by atoms with Crippen LogP contribution in [0.25, 0.3) is 0 Å². The highest BCUT2D eigenvalue weighted by atomic mass is 19.1. The molecule has 1 aliphatic heterocycles. The number of benzene rings is 1. The maximum atomic E-state index is 12.7. The van der Waals surface area contributed by atoms with Crippen LogP contribution >= 0.6 is 0 Å². The van der Waals surface area contributed by atoms with Crippen LogP contribution in [0.15, 0.2) is 18.2 Å². The van der Waals surface area contributed by atoms with Gasteiger partial charge < -0.3 is 4.74 Å². The van der Waals surface area contributed by atoms with Crippen LogP contribution in [0.4, 0.5) is 4.39 Å². The molecule has 0 radical (unpaired) electrons. The molecule has 0 N–H and O–H groups in total. The predicted octanol–water partition coefficient (Wildman–Crippen LogP) is 1.82. The van der Waals surface area contributed by atoms with Gasteiger partial charge in [0.25, 0.3) is 0 Å². The average Bonchev–Trinajstić information content (AvgIpc) is 2.63. The van der Waals surface area contributed by atoms with Crippen molar-refractivity contribution in [2.45, 2.75) is 18.6 Å². The Morgan fingerprint density at radius 2 is 2.36 bits per heavy atom. The van der Waals surface area contributed by atoms with Crippen LogP contribution in [0.2, 0.25) is 0 Å². The molecule has 11 heavy (non-hydrogen) atoms. The first-order valence-electron chi connectivity index (χ1n) is 3.78. The molecular weight excluding hydrogens is 143 g/mol. The lowest BCUT2D eigenvalue weighted by Crippen LogP contribution is -1.89. The Morgan fingerprint density at radius 3 is 3.27 bits per heavy atom. The van der Waals surface area contributed by atoms with E-state index >= 15 is 0 Å². The number of halogens is 1. The van der Waals surface area contributed by atoms with Gasteiger partial charge in [0.2, 0.25) is 0 Å². The van der Waals surface area contributed by atoms with Crippen LogP contribution in [0.1, 0.15) is 17.2 Å². The second-order valence-corrected chi connectivity index (χ2v) is 3.14. The van der Waals surface area contributed by atoms with Gasteiger partial charge in [-0.25, -0.2) is 4.39 Å². The van der Waals surface area contributed by atoms with E-state index in [4.69, 9.17) is 4.74 Å². The molecule has 2 heteroatoms. The van der Waals surface area contributed by atoms with Gasteiger partial charge in [0, 0.05) is 6.42 Å². The lowest BCUT2D eigenvalue weighted by molar-refractivity contribution is 0.360. The zero-order valence-corrected chi connectivity index (χ0v) is 5.88. The lowest BCUT2D eigenvalue weighted by Gasteiger charge is -2.00. The predicted molar refractivity (Wildman–Crippen MR) is 37.7 cm³/mol. The Labute approximate surface area is 63.8 Å². The Bertz CT molecular complexity index is 321. The van der Waals surface area contributed by atoms with E-state index in [0.717, 1.165) is 12.0 Å². The molecule has 1 fully saturated rings. The third-order valence-electron chi connectivity index (χ3n) is 2.42. The maximum Gasteiger partial charge on any atom is 0.123 e. The highest BCUT2D eigenvalue weighted by molar-refractivity contribution is 5.39. The Balaban J connectivity index is 2.18. The van der Waals surface area contributed by atoms with E-state index in [2.05, 4.69) is 0 Å². The van der Waals surface area contributed by atoms with Crippen LogP contribution in [0.5, 0.6) is 0 Å². The molecule has 0 saturated carbocycles. The molecule has 1 nitrogen and oxygen atoms in total. The number of hydrogen-bond donors (Lipinski definition) is 0. The largest absolute Gasteiger partial charge is 0.364 e. The topological polar surface area (TPSA) is 12.5 Å². The highest BCUT2D eigenvalue weighted by Gasteiger charge is 2.46. The van der Waals surface area contributed by atoms with Gasteiger partial charge in [-0.3, -0.25) is 0 Å². The molecule has 56 valence electrons. The Hall–Kier alpha value is -0.890. The fraction of sp³-hybridized carbons (Fsp3) is 0.333. The number of epoxide rings is 1. The van der Waals surface area contributed by atoms with E-state index in [0.29, 0.717) is 12.2 Å². The van der Waals surface area contributed by atoms with E-state index in [-0.39, 0.29) is 5.82 Å². The SMILES string of the molecule is Fc1ccc2c(c1)C[C@H]1O[C@@H]21. The van der Waals surface area contributed by atoms with Crippen molar-refractivity contribution < 1.29 is 9.13 Å². The number of rotatable bonds is 0. The van der Waals surface area contributed by atoms with E-state index in [9.17, 15) is 4.39 Å². The molecule has 1 aromatic carbocycles. The molecule has 1 heterocycles. The Morgan fingerprint density at radius 1 is 1.45 bits per heavy atom. The molecule has 0 bridgehead atoms. The van der Waals surface area contributed by atoms with Crippen LogP contribution in [0.3, 0.4) is 0 Å². The molecule has 0 amide bonds. The normalized spacial score (nSPS) is 31.4. The minimum atomic E-state index is -0.134. The summed E-state index contributed by atoms with van der Waals surface area (Å²) in [5, 5.41) is 0. The molecule has 1 saturated heterocycles. The summed E-state index contributed by atoms with van der Waals surface area (Å²) >= 11 is 0. The smallest absolute Gasteiger partial charge is 0.123 e. The first-order chi connectivity index (χ1) is 5.34. The van der Waals surface area contributed by atoms with Crippen molar-refractivity contribution in [3.8, 4) is 0 Å². The number of hydrogen-bond acceptors (Lipinski definition) is 1. The van der Waals surface area contributed by atoms with Crippen molar-refractivity contribution >= 4 is 0 Å². The van der Waals surface area contributed by atoms with Gasteiger partial charge >= 0.3 is 0 Å². The van der Waals surface area contributed by atoms with Crippen LogP contribution in [-0.4, -0.2) is 6.10 Å². The van der Waals surface area contributed by atoms with Crippen molar-refractivity contribution in [3.05, 3.63) is 35.1 Å². The van der Waals surface area contributed by atoms with Gasteiger partial charge in [0.1, 0.15) is 11.9 Å². The third-order valence-corrected chi connectivity index (χ3v) is 2.42. The van der Waals surface area contributed by atoms with Crippen molar-refractivity contribution in [3.63, 3.8) is 0 Å². The van der Waals surface area contributed by atoms with Crippen LogP contribution in [-0.2, 0) is 11.2 Å². The molecule has 0 spiro atoms. The summed E-state index contributed by atoms with van der Waals surface area (Å²) < 4.78 is 18.0. The minimum Gasteiger partial charge on any atom is -0.364 e.